The third-order valence-corrected chi connectivity index (χ3v) is 7.96. The number of aliphatic imine (C=N–C) groups is 1. The molecule has 2 fully saturated rings. The number of amides is 2. The van der Waals surface area contributed by atoms with Crippen molar-refractivity contribution in [2.45, 2.75) is 51.5 Å². The summed E-state index contributed by atoms with van der Waals surface area (Å²) in [5, 5.41) is 2.70. The molecule has 2 aliphatic heterocycles. The molecule has 3 rings (SSSR count). The molecular weight excluding hydrogens is 426 g/mol. The van der Waals surface area contributed by atoms with Crippen LogP contribution in [0.15, 0.2) is 23.2 Å². The Morgan fingerprint density at radius 3 is 2.47 bits per heavy atom. The molecule has 164 valence electrons. The zero-order valence-electron chi connectivity index (χ0n) is 17.8. The first-order chi connectivity index (χ1) is 13.9. The molecule has 0 spiro atoms. The molecule has 2 amide bonds. The molecule has 1 N–H and O–H groups in total. The van der Waals surface area contributed by atoms with Crippen LogP contribution in [0.3, 0.4) is 0 Å². The summed E-state index contributed by atoms with van der Waals surface area (Å²) < 4.78 is 29.5. The minimum Gasteiger partial charge on any atom is -0.444 e. The van der Waals surface area contributed by atoms with Crippen molar-refractivity contribution >= 4 is 44.5 Å². The van der Waals surface area contributed by atoms with Gasteiger partial charge in [-0.3, -0.25) is 4.79 Å². The lowest BCUT2D eigenvalue weighted by Crippen LogP contribution is -2.39. The lowest BCUT2D eigenvalue weighted by molar-refractivity contribution is -0.117. The zero-order valence-corrected chi connectivity index (χ0v) is 19.4. The Morgan fingerprint density at radius 2 is 1.87 bits per heavy atom. The third kappa shape index (κ3) is 5.15. The summed E-state index contributed by atoms with van der Waals surface area (Å²) in [6, 6.07) is 5.57. The second-order valence-corrected chi connectivity index (χ2v) is 11.9. The number of anilines is 1. The van der Waals surface area contributed by atoms with Crippen LogP contribution in [0.5, 0.6) is 0 Å². The molecule has 0 aliphatic carbocycles. The van der Waals surface area contributed by atoms with Gasteiger partial charge >= 0.3 is 6.09 Å². The number of para-hydroxylation sites is 1. The number of carbonyl (C=O) groups is 2. The predicted octanol–water partition coefficient (Wildman–Crippen LogP) is 2.43. The summed E-state index contributed by atoms with van der Waals surface area (Å²) >= 11 is 1.31. The van der Waals surface area contributed by atoms with E-state index in [-0.39, 0.29) is 29.3 Å². The van der Waals surface area contributed by atoms with E-state index < -0.39 is 27.4 Å². The van der Waals surface area contributed by atoms with E-state index in [1.165, 1.54) is 11.8 Å². The summed E-state index contributed by atoms with van der Waals surface area (Å²) in [7, 11) is -3.14. The number of nitrogens with one attached hydrogen (secondary N) is 1. The van der Waals surface area contributed by atoms with Gasteiger partial charge in [0.25, 0.3) is 5.91 Å². The van der Waals surface area contributed by atoms with Crippen LogP contribution in [0, 0.1) is 13.8 Å². The van der Waals surface area contributed by atoms with Gasteiger partial charge in [-0.2, -0.15) is 4.99 Å². The van der Waals surface area contributed by atoms with E-state index in [9.17, 15) is 18.0 Å². The number of hydrogen-bond acceptors (Lipinski definition) is 6. The average molecular weight is 454 g/mol. The average Bonchev–Trinajstić information content (AvgIpc) is 3.03. The molecule has 0 bridgehead atoms. The van der Waals surface area contributed by atoms with Crippen LogP contribution in [-0.2, 0) is 19.4 Å². The fourth-order valence-electron chi connectivity index (χ4n) is 3.62. The van der Waals surface area contributed by atoms with Crippen molar-refractivity contribution in [3.63, 3.8) is 0 Å². The smallest absolute Gasteiger partial charge is 0.408 e. The topological polar surface area (TPSA) is 105 Å². The monoisotopic (exact) mass is 453 g/mol. The largest absolute Gasteiger partial charge is 0.444 e. The molecule has 2 heterocycles. The molecule has 0 radical (unpaired) electrons. The molecule has 30 heavy (non-hydrogen) atoms. The first-order valence-electron chi connectivity index (χ1n) is 9.67. The Morgan fingerprint density at radius 1 is 1.23 bits per heavy atom. The van der Waals surface area contributed by atoms with Crippen LogP contribution < -0.4 is 10.2 Å². The number of ether oxygens (including phenoxy) is 1. The highest BCUT2D eigenvalue weighted by Crippen LogP contribution is 2.42. The maximum atomic E-state index is 12.4. The predicted molar refractivity (Wildman–Crippen MR) is 119 cm³/mol. The number of alkyl carbamates (subject to hydrolysis) is 1. The molecule has 10 heteroatoms. The lowest BCUT2D eigenvalue weighted by atomic mass is 10.1. The standard InChI is InChI=1S/C20H27N3O5S2/c1-12-7-6-8-13(2)17(12)23-14-10-30(26,27)11-15(14)29-18(23)22-16(24)9-21-19(25)28-20(3,4)5/h6-8,14-15H,9-11H2,1-5H3,(H,21,25)/t14-,15-/m0/s1. The van der Waals surface area contributed by atoms with E-state index in [0.29, 0.717) is 5.17 Å². The normalized spacial score (nSPS) is 24.0. The summed E-state index contributed by atoms with van der Waals surface area (Å²) in [4.78, 5) is 30.3. The van der Waals surface area contributed by atoms with E-state index in [1.54, 1.807) is 20.8 Å². The molecule has 8 nitrogen and oxygen atoms in total. The molecule has 2 saturated heterocycles. The van der Waals surface area contributed by atoms with E-state index in [0.717, 1.165) is 16.8 Å². The molecule has 0 unspecified atom stereocenters. The number of benzene rings is 1. The van der Waals surface area contributed by atoms with Crippen molar-refractivity contribution in [2.24, 2.45) is 4.99 Å². The minimum atomic E-state index is -3.14. The number of thioether (sulfide) groups is 1. The summed E-state index contributed by atoms with van der Waals surface area (Å²) in [5.41, 5.74) is 2.17. The number of sulfone groups is 1. The quantitative estimate of drug-likeness (QED) is 0.749. The van der Waals surface area contributed by atoms with Gasteiger partial charge in [0.1, 0.15) is 12.1 Å². The van der Waals surface area contributed by atoms with Crippen molar-refractivity contribution in [3.8, 4) is 0 Å². The number of nitrogens with zero attached hydrogens (tertiary/aromatic N) is 2. The van der Waals surface area contributed by atoms with Gasteiger partial charge in [0, 0.05) is 10.9 Å². The van der Waals surface area contributed by atoms with Crippen LogP contribution in [0.1, 0.15) is 31.9 Å². The maximum absolute atomic E-state index is 12.4. The van der Waals surface area contributed by atoms with Gasteiger partial charge in [-0.1, -0.05) is 30.0 Å². The molecule has 2 aliphatic rings. The van der Waals surface area contributed by atoms with Gasteiger partial charge in [0.15, 0.2) is 15.0 Å². The summed E-state index contributed by atoms with van der Waals surface area (Å²) in [5.74, 6) is -0.433. The molecule has 1 aromatic carbocycles. The molecule has 2 atom stereocenters. The van der Waals surface area contributed by atoms with Crippen molar-refractivity contribution in [2.75, 3.05) is 23.0 Å². The lowest BCUT2D eigenvalue weighted by Gasteiger charge is -2.28. The molecule has 1 aromatic rings. The first kappa shape index (κ1) is 22.6. The Labute approximate surface area is 181 Å². The number of rotatable bonds is 3. The zero-order chi connectivity index (χ0) is 22.3. The van der Waals surface area contributed by atoms with Crippen molar-refractivity contribution < 1.29 is 22.7 Å². The molecular formula is C20H27N3O5S2. The van der Waals surface area contributed by atoms with Crippen LogP contribution in [-0.4, -0.2) is 60.5 Å². The van der Waals surface area contributed by atoms with Gasteiger partial charge in [-0.05, 0) is 45.7 Å². The minimum absolute atomic E-state index is 0.0296. The van der Waals surface area contributed by atoms with Gasteiger partial charge in [0.2, 0.25) is 0 Å². The Bertz CT molecular complexity index is 978. The first-order valence-corrected chi connectivity index (χ1v) is 12.4. The fourth-order valence-corrected chi connectivity index (χ4v) is 7.54. The summed E-state index contributed by atoms with van der Waals surface area (Å²) in [6.07, 6.45) is -0.690. The highest BCUT2D eigenvalue weighted by Gasteiger charge is 2.49. The highest BCUT2D eigenvalue weighted by atomic mass is 32.2. The van der Waals surface area contributed by atoms with Crippen LogP contribution in [0.2, 0.25) is 0 Å². The Kier molecular flexibility index (Phi) is 6.20. The van der Waals surface area contributed by atoms with E-state index in [2.05, 4.69) is 10.3 Å². The van der Waals surface area contributed by atoms with Gasteiger partial charge < -0.3 is 15.0 Å². The third-order valence-electron chi connectivity index (χ3n) is 4.75. The van der Waals surface area contributed by atoms with E-state index in [4.69, 9.17) is 4.74 Å². The van der Waals surface area contributed by atoms with Crippen LogP contribution >= 0.6 is 11.8 Å². The van der Waals surface area contributed by atoms with Gasteiger partial charge in [0.05, 0.1) is 17.5 Å². The number of aryl methyl sites for hydroxylation is 2. The Hall–Kier alpha value is -2.07. The van der Waals surface area contributed by atoms with E-state index >= 15 is 0 Å². The maximum Gasteiger partial charge on any atom is 0.408 e. The van der Waals surface area contributed by atoms with Crippen molar-refractivity contribution in [3.05, 3.63) is 29.3 Å². The number of hydrogen-bond donors (Lipinski definition) is 1. The van der Waals surface area contributed by atoms with Crippen molar-refractivity contribution in [1.29, 1.82) is 0 Å². The van der Waals surface area contributed by atoms with Gasteiger partial charge in [-0.25, -0.2) is 13.2 Å². The number of carbonyl (C=O) groups excluding carboxylic acids is 2. The Balaban J connectivity index is 1.84. The number of amidine groups is 1. The second-order valence-electron chi connectivity index (χ2n) is 8.55. The molecule has 0 aromatic heterocycles. The number of fused-ring (bicyclic) bond motifs is 1. The van der Waals surface area contributed by atoms with Crippen LogP contribution in [0.25, 0.3) is 0 Å². The fraction of sp³-hybridized carbons (Fsp3) is 0.550. The van der Waals surface area contributed by atoms with Crippen LogP contribution in [0.4, 0.5) is 10.5 Å². The second kappa shape index (κ2) is 8.22. The highest BCUT2D eigenvalue weighted by molar-refractivity contribution is 8.16. The van der Waals surface area contributed by atoms with E-state index in [1.807, 2.05) is 36.9 Å². The van der Waals surface area contributed by atoms with Crippen molar-refractivity contribution in [1.82, 2.24) is 5.32 Å². The summed E-state index contributed by atoms with van der Waals surface area (Å²) in [6.45, 7) is 8.81. The van der Waals surface area contributed by atoms with Gasteiger partial charge in [-0.15, -0.1) is 0 Å². The molecule has 0 saturated carbocycles. The SMILES string of the molecule is Cc1cccc(C)c1N1C(=NC(=O)CNC(=O)OC(C)(C)C)S[C@H]2CS(=O)(=O)C[C@@H]21.